The van der Waals surface area contributed by atoms with Crippen LogP contribution in [0.3, 0.4) is 0 Å². The van der Waals surface area contributed by atoms with E-state index in [9.17, 15) is 4.79 Å². The first-order chi connectivity index (χ1) is 9.04. The predicted octanol–water partition coefficient (Wildman–Crippen LogP) is 3.66. The number of esters is 1. The second kappa shape index (κ2) is 7.74. The smallest absolute Gasteiger partial charge is 0.333 e. The van der Waals surface area contributed by atoms with Crippen molar-refractivity contribution in [2.45, 2.75) is 39.4 Å². The molecule has 0 fully saturated rings. The molecule has 2 unspecified atom stereocenters. The normalized spacial score (nSPS) is 13.6. The lowest BCUT2D eigenvalue weighted by atomic mass is 10.1. The van der Waals surface area contributed by atoms with Gasteiger partial charge in [0, 0.05) is 5.57 Å². The standard InChI is InChI=1S/C16H22O3/c1-5-15(14-9-7-6-8-10-14)19-13(4)11-18-16(17)12(2)3/h6-10,13,15H,2,5,11H2,1,3-4H3. The first kappa shape index (κ1) is 15.4. The number of carbonyl (C=O) groups is 1. The van der Waals surface area contributed by atoms with Crippen molar-refractivity contribution in [3.63, 3.8) is 0 Å². The molecule has 2 atom stereocenters. The molecule has 0 bridgehead atoms. The fourth-order valence-electron chi connectivity index (χ4n) is 1.71. The zero-order chi connectivity index (χ0) is 14.3. The van der Waals surface area contributed by atoms with Crippen LogP contribution in [-0.2, 0) is 14.3 Å². The number of hydrogen-bond donors (Lipinski definition) is 0. The van der Waals surface area contributed by atoms with Crippen molar-refractivity contribution in [3.05, 3.63) is 48.0 Å². The number of rotatable bonds is 7. The molecule has 0 saturated carbocycles. The molecule has 0 amide bonds. The van der Waals surface area contributed by atoms with Gasteiger partial charge in [-0.05, 0) is 25.8 Å². The largest absolute Gasteiger partial charge is 0.460 e. The molecule has 0 spiro atoms. The van der Waals surface area contributed by atoms with E-state index in [-0.39, 0.29) is 24.8 Å². The Morgan fingerprint density at radius 2 is 1.95 bits per heavy atom. The van der Waals surface area contributed by atoms with Crippen LogP contribution < -0.4 is 0 Å². The number of benzene rings is 1. The van der Waals surface area contributed by atoms with Crippen molar-refractivity contribution in [3.8, 4) is 0 Å². The van der Waals surface area contributed by atoms with Gasteiger partial charge in [0.15, 0.2) is 0 Å². The van der Waals surface area contributed by atoms with E-state index in [0.717, 1.165) is 12.0 Å². The number of carbonyl (C=O) groups excluding carboxylic acids is 1. The van der Waals surface area contributed by atoms with E-state index in [4.69, 9.17) is 9.47 Å². The summed E-state index contributed by atoms with van der Waals surface area (Å²) in [7, 11) is 0. The van der Waals surface area contributed by atoms with Crippen molar-refractivity contribution in [1.82, 2.24) is 0 Å². The molecule has 1 rings (SSSR count). The zero-order valence-electron chi connectivity index (χ0n) is 11.9. The molecular formula is C16H22O3. The van der Waals surface area contributed by atoms with Gasteiger partial charge < -0.3 is 9.47 Å². The quantitative estimate of drug-likeness (QED) is 0.555. The van der Waals surface area contributed by atoms with Gasteiger partial charge in [0.25, 0.3) is 0 Å². The van der Waals surface area contributed by atoms with Gasteiger partial charge >= 0.3 is 5.97 Å². The lowest BCUT2D eigenvalue weighted by molar-refractivity contribution is -0.144. The summed E-state index contributed by atoms with van der Waals surface area (Å²) in [5.41, 5.74) is 1.55. The molecule has 0 aromatic heterocycles. The van der Waals surface area contributed by atoms with Gasteiger partial charge in [-0.25, -0.2) is 4.79 Å². The summed E-state index contributed by atoms with van der Waals surface area (Å²) in [6.45, 7) is 9.39. The van der Waals surface area contributed by atoms with Gasteiger partial charge in [-0.3, -0.25) is 0 Å². The van der Waals surface area contributed by atoms with E-state index in [1.165, 1.54) is 0 Å². The maximum Gasteiger partial charge on any atom is 0.333 e. The highest BCUT2D eigenvalue weighted by molar-refractivity contribution is 5.86. The fourth-order valence-corrected chi connectivity index (χ4v) is 1.71. The molecule has 0 aliphatic carbocycles. The second-order valence-electron chi connectivity index (χ2n) is 4.63. The van der Waals surface area contributed by atoms with Gasteiger partial charge in [0.1, 0.15) is 6.61 Å². The summed E-state index contributed by atoms with van der Waals surface area (Å²) in [4.78, 5) is 11.3. The molecule has 3 nitrogen and oxygen atoms in total. The summed E-state index contributed by atoms with van der Waals surface area (Å²) in [5, 5.41) is 0. The van der Waals surface area contributed by atoms with Crippen LogP contribution >= 0.6 is 0 Å². The Morgan fingerprint density at radius 3 is 2.47 bits per heavy atom. The number of hydrogen-bond acceptors (Lipinski definition) is 3. The van der Waals surface area contributed by atoms with Crippen molar-refractivity contribution in [2.75, 3.05) is 6.61 Å². The minimum absolute atomic E-state index is 0.0275. The molecule has 1 aromatic carbocycles. The summed E-state index contributed by atoms with van der Waals surface area (Å²) < 4.78 is 11.0. The third-order valence-electron chi connectivity index (χ3n) is 2.74. The molecule has 0 radical (unpaired) electrons. The lowest BCUT2D eigenvalue weighted by Gasteiger charge is -2.21. The monoisotopic (exact) mass is 262 g/mol. The topological polar surface area (TPSA) is 35.5 Å². The molecule has 0 N–H and O–H groups in total. The van der Waals surface area contributed by atoms with Gasteiger partial charge in [-0.2, -0.15) is 0 Å². The Kier molecular flexibility index (Phi) is 6.30. The molecule has 0 aliphatic heterocycles. The van der Waals surface area contributed by atoms with Gasteiger partial charge in [-0.1, -0.05) is 43.8 Å². The van der Waals surface area contributed by atoms with Crippen LogP contribution in [0.4, 0.5) is 0 Å². The minimum atomic E-state index is -0.372. The Hall–Kier alpha value is -1.61. The molecule has 3 heteroatoms. The minimum Gasteiger partial charge on any atom is -0.460 e. The maximum absolute atomic E-state index is 11.3. The lowest BCUT2D eigenvalue weighted by Crippen LogP contribution is -2.21. The van der Waals surface area contributed by atoms with Crippen LogP contribution in [0.5, 0.6) is 0 Å². The zero-order valence-corrected chi connectivity index (χ0v) is 11.9. The van der Waals surface area contributed by atoms with Crippen LogP contribution in [0, 0.1) is 0 Å². The first-order valence-corrected chi connectivity index (χ1v) is 6.57. The van der Waals surface area contributed by atoms with Gasteiger partial charge in [-0.15, -0.1) is 0 Å². The molecule has 0 aliphatic rings. The molecule has 0 saturated heterocycles. The summed E-state index contributed by atoms with van der Waals surface area (Å²) in [5.74, 6) is -0.372. The van der Waals surface area contributed by atoms with E-state index in [1.807, 2.05) is 37.3 Å². The maximum atomic E-state index is 11.3. The highest BCUT2D eigenvalue weighted by Gasteiger charge is 2.15. The summed E-state index contributed by atoms with van der Waals surface area (Å²) in [6, 6.07) is 10.1. The van der Waals surface area contributed by atoms with E-state index < -0.39 is 0 Å². The SMILES string of the molecule is C=C(C)C(=O)OCC(C)OC(CC)c1ccccc1. The fraction of sp³-hybridized carbons (Fsp3) is 0.438. The van der Waals surface area contributed by atoms with Crippen molar-refractivity contribution in [1.29, 1.82) is 0 Å². The summed E-state index contributed by atoms with van der Waals surface area (Å²) >= 11 is 0. The Bertz CT molecular complexity index is 411. The molecule has 1 aromatic rings. The molecular weight excluding hydrogens is 240 g/mol. The Morgan fingerprint density at radius 1 is 1.32 bits per heavy atom. The van der Waals surface area contributed by atoms with Crippen LogP contribution in [0.25, 0.3) is 0 Å². The van der Waals surface area contributed by atoms with E-state index in [1.54, 1.807) is 6.92 Å². The number of ether oxygens (including phenoxy) is 2. The Balaban J connectivity index is 2.48. The van der Waals surface area contributed by atoms with Crippen LogP contribution in [0.1, 0.15) is 38.9 Å². The third-order valence-corrected chi connectivity index (χ3v) is 2.74. The van der Waals surface area contributed by atoms with Crippen molar-refractivity contribution < 1.29 is 14.3 Å². The van der Waals surface area contributed by atoms with Gasteiger partial charge in [0.2, 0.25) is 0 Å². The Labute approximate surface area is 115 Å². The molecule has 0 heterocycles. The van der Waals surface area contributed by atoms with Gasteiger partial charge in [0.05, 0.1) is 12.2 Å². The highest BCUT2D eigenvalue weighted by atomic mass is 16.6. The van der Waals surface area contributed by atoms with Crippen molar-refractivity contribution >= 4 is 5.97 Å². The second-order valence-corrected chi connectivity index (χ2v) is 4.63. The molecule has 104 valence electrons. The predicted molar refractivity (Wildman–Crippen MR) is 75.8 cm³/mol. The van der Waals surface area contributed by atoms with E-state index in [2.05, 4.69) is 13.5 Å². The van der Waals surface area contributed by atoms with Crippen molar-refractivity contribution in [2.24, 2.45) is 0 Å². The highest BCUT2D eigenvalue weighted by Crippen LogP contribution is 2.22. The third kappa shape index (κ3) is 5.26. The average molecular weight is 262 g/mol. The average Bonchev–Trinajstić information content (AvgIpc) is 2.42. The molecule has 19 heavy (non-hydrogen) atoms. The van der Waals surface area contributed by atoms with E-state index in [0.29, 0.717) is 5.57 Å². The van der Waals surface area contributed by atoms with E-state index >= 15 is 0 Å². The van der Waals surface area contributed by atoms with Crippen LogP contribution in [0.15, 0.2) is 42.5 Å². The van der Waals surface area contributed by atoms with Crippen LogP contribution in [-0.4, -0.2) is 18.7 Å². The summed E-state index contributed by atoms with van der Waals surface area (Å²) in [6.07, 6.45) is 0.760. The van der Waals surface area contributed by atoms with Crippen LogP contribution in [0.2, 0.25) is 0 Å². The first-order valence-electron chi connectivity index (χ1n) is 6.57.